The van der Waals surface area contributed by atoms with Crippen molar-refractivity contribution in [1.82, 2.24) is 24.4 Å². The molecule has 1 aliphatic rings. The second-order valence-electron chi connectivity index (χ2n) is 6.55. The summed E-state index contributed by atoms with van der Waals surface area (Å²) in [4.78, 5) is 27.7. The molecule has 0 saturated carbocycles. The molecular formula is C20H21N5O. The van der Waals surface area contributed by atoms with Crippen LogP contribution in [0.2, 0.25) is 0 Å². The van der Waals surface area contributed by atoms with Gasteiger partial charge in [0.25, 0.3) is 0 Å². The number of hydrogen-bond donors (Lipinski definition) is 0. The van der Waals surface area contributed by atoms with Gasteiger partial charge in [-0.3, -0.25) is 14.3 Å². The fourth-order valence-electron chi connectivity index (χ4n) is 3.50. The zero-order chi connectivity index (χ0) is 17.8. The van der Waals surface area contributed by atoms with Crippen LogP contribution >= 0.6 is 0 Å². The molecule has 3 heterocycles. The molecule has 0 radical (unpaired) electrons. The van der Waals surface area contributed by atoms with Crippen LogP contribution < -0.4 is 0 Å². The van der Waals surface area contributed by atoms with E-state index in [1.807, 2.05) is 46.0 Å². The van der Waals surface area contributed by atoms with Gasteiger partial charge in [0.1, 0.15) is 6.33 Å². The van der Waals surface area contributed by atoms with Crippen molar-refractivity contribution in [3.63, 3.8) is 0 Å². The Hall–Kier alpha value is -3.02. The normalized spacial score (nSPS) is 15.2. The maximum Gasteiger partial charge on any atom is 0.226 e. The molecule has 1 amide bonds. The highest BCUT2D eigenvalue weighted by Crippen LogP contribution is 2.29. The predicted octanol–water partition coefficient (Wildman–Crippen LogP) is 2.61. The molecule has 4 rings (SSSR count). The van der Waals surface area contributed by atoms with Crippen LogP contribution in [0.15, 0.2) is 61.4 Å². The minimum atomic E-state index is 0.198. The molecule has 1 aliphatic heterocycles. The summed E-state index contributed by atoms with van der Waals surface area (Å²) in [6.45, 7) is 1.52. The van der Waals surface area contributed by atoms with Crippen LogP contribution in [0.25, 0.3) is 5.82 Å². The second kappa shape index (κ2) is 7.47. The van der Waals surface area contributed by atoms with Crippen LogP contribution in [0, 0.1) is 0 Å². The number of hydrogen-bond acceptors (Lipinski definition) is 4. The maximum atomic E-state index is 12.5. The first kappa shape index (κ1) is 16.4. The lowest BCUT2D eigenvalue weighted by Crippen LogP contribution is -2.39. The third-order valence-electron chi connectivity index (χ3n) is 4.89. The second-order valence-corrected chi connectivity index (χ2v) is 6.55. The van der Waals surface area contributed by atoms with Crippen molar-refractivity contribution < 1.29 is 4.79 Å². The molecule has 3 aromatic rings. The average molecular weight is 347 g/mol. The van der Waals surface area contributed by atoms with Gasteiger partial charge in [-0.15, -0.1) is 0 Å². The van der Waals surface area contributed by atoms with Gasteiger partial charge in [-0.1, -0.05) is 30.3 Å². The van der Waals surface area contributed by atoms with Gasteiger partial charge in [0.2, 0.25) is 5.91 Å². The molecule has 0 aliphatic carbocycles. The summed E-state index contributed by atoms with van der Waals surface area (Å²) in [5, 5.41) is 0. The Bertz CT molecular complexity index is 855. The Morgan fingerprint density at radius 2 is 1.81 bits per heavy atom. The summed E-state index contributed by atoms with van der Waals surface area (Å²) >= 11 is 0. The van der Waals surface area contributed by atoms with Gasteiger partial charge in [-0.05, 0) is 18.4 Å². The standard InChI is InChI=1S/C20H21N5O/c26-18(14-16-4-2-1-3-5-16)24-11-6-17(7-12-24)19-20(23-9-8-22-19)25-13-10-21-15-25/h1-5,8-10,13,15,17H,6-7,11-12,14H2. The molecule has 132 valence electrons. The largest absolute Gasteiger partial charge is 0.342 e. The van der Waals surface area contributed by atoms with E-state index in [1.54, 1.807) is 24.9 Å². The van der Waals surface area contributed by atoms with Crippen molar-refractivity contribution in [2.45, 2.75) is 25.2 Å². The highest BCUT2D eigenvalue weighted by atomic mass is 16.2. The van der Waals surface area contributed by atoms with Gasteiger partial charge in [0.15, 0.2) is 5.82 Å². The summed E-state index contributed by atoms with van der Waals surface area (Å²) in [5.41, 5.74) is 2.05. The first-order valence-corrected chi connectivity index (χ1v) is 8.92. The Balaban J connectivity index is 1.42. The fourth-order valence-corrected chi connectivity index (χ4v) is 3.50. The number of rotatable bonds is 4. The average Bonchev–Trinajstić information content (AvgIpc) is 3.24. The van der Waals surface area contributed by atoms with Gasteiger partial charge in [-0.2, -0.15) is 0 Å². The van der Waals surface area contributed by atoms with Crippen molar-refractivity contribution >= 4 is 5.91 Å². The molecule has 0 N–H and O–H groups in total. The van der Waals surface area contributed by atoms with E-state index in [0.717, 1.165) is 43.0 Å². The molecule has 1 aromatic carbocycles. The van der Waals surface area contributed by atoms with Crippen LogP contribution in [-0.2, 0) is 11.2 Å². The van der Waals surface area contributed by atoms with E-state index in [4.69, 9.17) is 0 Å². The molecule has 1 fully saturated rings. The van der Waals surface area contributed by atoms with E-state index in [9.17, 15) is 4.79 Å². The van der Waals surface area contributed by atoms with Gasteiger partial charge in [0, 0.05) is 43.8 Å². The fraction of sp³-hybridized carbons (Fsp3) is 0.300. The van der Waals surface area contributed by atoms with Gasteiger partial charge >= 0.3 is 0 Å². The number of nitrogens with zero attached hydrogens (tertiary/aromatic N) is 5. The molecule has 6 heteroatoms. The van der Waals surface area contributed by atoms with Crippen LogP contribution in [0.4, 0.5) is 0 Å². The topological polar surface area (TPSA) is 63.9 Å². The molecule has 0 bridgehead atoms. The number of carbonyl (C=O) groups is 1. The monoisotopic (exact) mass is 347 g/mol. The van der Waals surface area contributed by atoms with E-state index >= 15 is 0 Å². The van der Waals surface area contributed by atoms with Crippen LogP contribution in [0.5, 0.6) is 0 Å². The van der Waals surface area contributed by atoms with Crippen molar-refractivity contribution in [3.8, 4) is 5.82 Å². The van der Waals surface area contributed by atoms with Crippen molar-refractivity contribution in [1.29, 1.82) is 0 Å². The summed E-state index contributed by atoms with van der Waals surface area (Å²) in [6, 6.07) is 9.92. The first-order chi connectivity index (χ1) is 12.8. The van der Waals surface area contributed by atoms with Crippen LogP contribution in [0.3, 0.4) is 0 Å². The molecule has 0 unspecified atom stereocenters. The quantitative estimate of drug-likeness (QED) is 0.728. The highest BCUT2D eigenvalue weighted by Gasteiger charge is 2.27. The lowest BCUT2D eigenvalue weighted by atomic mass is 9.92. The van der Waals surface area contributed by atoms with Crippen molar-refractivity contribution in [3.05, 3.63) is 72.7 Å². The first-order valence-electron chi connectivity index (χ1n) is 8.92. The van der Waals surface area contributed by atoms with E-state index in [1.165, 1.54) is 0 Å². The molecule has 0 atom stereocenters. The third-order valence-corrected chi connectivity index (χ3v) is 4.89. The number of benzene rings is 1. The van der Waals surface area contributed by atoms with Crippen molar-refractivity contribution in [2.75, 3.05) is 13.1 Å². The number of imidazole rings is 1. The molecule has 6 nitrogen and oxygen atoms in total. The van der Waals surface area contributed by atoms with Crippen LogP contribution in [0.1, 0.15) is 30.0 Å². The SMILES string of the molecule is O=C(Cc1ccccc1)N1CCC(c2nccnc2-n2ccnc2)CC1. The summed E-state index contributed by atoms with van der Waals surface area (Å²) < 4.78 is 1.90. The van der Waals surface area contributed by atoms with E-state index in [0.29, 0.717) is 12.3 Å². The number of likely N-dealkylation sites (tertiary alicyclic amines) is 1. The summed E-state index contributed by atoms with van der Waals surface area (Å²) in [5.74, 6) is 1.34. The zero-order valence-electron chi connectivity index (χ0n) is 14.5. The van der Waals surface area contributed by atoms with Crippen LogP contribution in [-0.4, -0.2) is 43.4 Å². The Kier molecular flexibility index (Phi) is 4.73. The number of amides is 1. The van der Waals surface area contributed by atoms with Crippen molar-refractivity contribution in [2.24, 2.45) is 0 Å². The zero-order valence-corrected chi connectivity index (χ0v) is 14.5. The molecule has 0 spiro atoms. The lowest BCUT2D eigenvalue weighted by molar-refractivity contribution is -0.131. The Morgan fingerprint density at radius 3 is 2.54 bits per heavy atom. The number of piperidine rings is 1. The van der Waals surface area contributed by atoms with Gasteiger partial charge < -0.3 is 4.90 Å². The van der Waals surface area contributed by atoms with E-state index in [2.05, 4.69) is 15.0 Å². The minimum Gasteiger partial charge on any atom is -0.342 e. The number of carbonyl (C=O) groups excluding carboxylic acids is 1. The molecule has 2 aromatic heterocycles. The maximum absolute atomic E-state index is 12.5. The Morgan fingerprint density at radius 1 is 1.04 bits per heavy atom. The highest BCUT2D eigenvalue weighted by molar-refractivity contribution is 5.78. The third kappa shape index (κ3) is 3.49. The number of aromatic nitrogens is 4. The minimum absolute atomic E-state index is 0.198. The molecule has 1 saturated heterocycles. The lowest BCUT2D eigenvalue weighted by Gasteiger charge is -2.32. The molecular weight excluding hydrogens is 326 g/mol. The van der Waals surface area contributed by atoms with Gasteiger partial charge in [0.05, 0.1) is 12.1 Å². The van der Waals surface area contributed by atoms with E-state index < -0.39 is 0 Å². The summed E-state index contributed by atoms with van der Waals surface area (Å²) in [7, 11) is 0. The molecule has 26 heavy (non-hydrogen) atoms. The van der Waals surface area contributed by atoms with Gasteiger partial charge in [-0.25, -0.2) is 9.97 Å². The smallest absolute Gasteiger partial charge is 0.226 e. The summed E-state index contributed by atoms with van der Waals surface area (Å²) in [6.07, 6.45) is 11.1. The predicted molar refractivity (Wildman–Crippen MR) is 97.9 cm³/mol. The Labute approximate surface area is 152 Å². The van der Waals surface area contributed by atoms with E-state index in [-0.39, 0.29) is 5.91 Å².